The lowest BCUT2D eigenvalue weighted by Gasteiger charge is -2.30. The monoisotopic (exact) mass is 560 g/mol. The summed E-state index contributed by atoms with van der Waals surface area (Å²) in [5, 5.41) is 6.00. The van der Waals surface area contributed by atoms with Gasteiger partial charge in [0, 0.05) is 56.5 Å². The first-order chi connectivity index (χ1) is 18.7. The first kappa shape index (κ1) is 28.3. The maximum atomic E-state index is 12.8. The number of carbonyl (C=O) groups excluding carboxylic acids is 3. The number of ether oxygens (including phenoxy) is 2. The fraction of sp³-hybridized carbons (Fsp3) is 0.600. The minimum atomic E-state index is -0.426. The summed E-state index contributed by atoms with van der Waals surface area (Å²) >= 11 is 1.40. The number of carbonyl (C=O) groups is 3. The van der Waals surface area contributed by atoms with Crippen LogP contribution in [0.2, 0.25) is 0 Å². The molecule has 212 valence electrons. The average molecular weight is 561 g/mol. The molecule has 2 aromatic heterocycles. The first-order valence-corrected chi connectivity index (χ1v) is 13.8. The largest absolute Gasteiger partial charge is 0.481 e. The van der Waals surface area contributed by atoms with Crippen molar-refractivity contribution in [2.75, 3.05) is 51.1 Å². The number of urea groups is 1. The summed E-state index contributed by atoms with van der Waals surface area (Å²) in [6.07, 6.45) is 2.28. The van der Waals surface area contributed by atoms with Crippen LogP contribution in [-0.4, -0.2) is 95.6 Å². The lowest BCUT2D eigenvalue weighted by atomic mass is 10.1. The van der Waals surface area contributed by atoms with E-state index < -0.39 is 12.1 Å². The van der Waals surface area contributed by atoms with Gasteiger partial charge in [-0.2, -0.15) is 9.97 Å². The van der Waals surface area contributed by atoms with E-state index in [1.54, 1.807) is 30.0 Å². The number of hydrogen-bond acceptors (Lipinski definition) is 10. The zero-order valence-electron chi connectivity index (χ0n) is 23.0. The maximum absolute atomic E-state index is 12.8. The number of nitrogens with zero attached hydrogens (tertiary/aromatic N) is 6. The third-order valence-electron chi connectivity index (χ3n) is 6.94. The minimum absolute atomic E-state index is 0.0363. The van der Waals surface area contributed by atoms with Gasteiger partial charge in [-0.25, -0.2) is 9.78 Å². The molecule has 39 heavy (non-hydrogen) atoms. The van der Waals surface area contributed by atoms with E-state index in [0.29, 0.717) is 49.3 Å². The van der Waals surface area contributed by atoms with Crippen molar-refractivity contribution in [3.8, 4) is 11.9 Å². The van der Waals surface area contributed by atoms with Crippen molar-refractivity contribution in [2.45, 2.75) is 58.2 Å². The highest BCUT2D eigenvalue weighted by molar-refractivity contribution is 7.15. The minimum Gasteiger partial charge on any atom is -0.481 e. The van der Waals surface area contributed by atoms with Crippen LogP contribution in [0.3, 0.4) is 0 Å². The average Bonchev–Trinajstić information content (AvgIpc) is 3.58. The Bertz CT molecular complexity index is 1180. The Balaban J connectivity index is 1.27. The molecule has 2 N–H and O–H groups in total. The molecule has 0 spiro atoms. The van der Waals surface area contributed by atoms with E-state index in [2.05, 4.69) is 30.5 Å². The number of fused-ring (bicyclic) bond motifs is 1. The molecule has 4 amide bonds. The number of thiazole rings is 1. The summed E-state index contributed by atoms with van der Waals surface area (Å²) < 4.78 is 10.4. The normalized spacial score (nSPS) is 16.6. The Hall–Kier alpha value is -3.68. The summed E-state index contributed by atoms with van der Waals surface area (Å²) in [4.78, 5) is 57.6. The van der Waals surface area contributed by atoms with Crippen molar-refractivity contribution >= 4 is 40.1 Å². The van der Waals surface area contributed by atoms with E-state index in [-0.39, 0.29) is 36.8 Å². The Morgan fingerprint density at radius 2 is 1.97 bits per heavy atom. The molecule has 2 aliphatic heterocycles. The summed E-state index contributed by atoms with van der Waals surface area (Å²) in [6, 6.07) is 1.20. The number of rotatable bonds is 9. The number of nitrogens with one attached hydrogen (secondary N) is 2. The van der Waals surface area contributed by atoms with Crippen molar-refractivity contribution in [1.82, 2.24) is 30.1 Å². The van der Waals surface area contributed by atoms with Crippen LogP contribution in [0, 0.1) is 0 Å². The third kappa shape index (κ3) is 6.67. The van der Waals surface area contributed by atoms with Gasteiger partial charge in [-0.15, -0.1) is 0 Å². The molecule has 0 unspecified atom stereocenters. The van der Waals surface area contributed by atoms with Crippen LogP contribution in [0.5, 0.6) is 11.9 Å². The number of amides is 4. The second-order valence-electron chi connectivity index (χ2n) is 9.73. The molecule has 0 saturated carbocycles. The van der Waals surface area contributed by atoms with Crippen LogP contribution in [0.4, 0.5) is 15.7 Å². The van der Waals surface area contributed by atoms with Crippen LogP contribution in [0.15, 0.2) is 6.07 Å². The Kier molecular flexibility index (Phi) is 9.04. The molecule has 4 rings (SSSR count). The van der Waals surface area contributed by atoms with Crippen LogP contribution < -0.4 is 25.0 Å². The zero-order valence-corrected chi connectivity index (χ0v) is 23.8. The molecule has 13 nitrogen and oxygen atoms in total. The molecule has 1 fully saturated rings. The summed E-state index contributed by atoms with van der Waals surface area (Å²) in [5.41, 5.74) is 0.936. The molecule has 4 heterocycles. The van der Waals surface area contributed by atoms with Gasteiger partial charge in [-0.05, 0) is 26.7 Å². The van der Waals surface area contributed by atoms with E-state index in [1.807, 2.05) is 13.8 Å². The van der Waals surface area contributed by atoms with Gasteiger partial charge >= 0.3 is 12.0 Å². The second-order valence-corrected chi connectivity index (χ2v) is 10.8. The third-order valence-corrected chi connectivity index (χ3v) is 7.94. The first-order valence-electron chi connectivity index (χ1n) is 13.0. The molecule has 0 aliphatic carbocycles. The summed E-state index contributed by atoms with van der Waals surface area (Å²) in [7, 11) is 4.81. The van der Waals surface area contributed by atoms with Gasteiger partial charge in [0.2, 0.25) is 17.7 Å². The summed E-state index contributed by atoms with van der Waals surface area (Å²) in [5.74, 6) is 0.934. The molecular weight excluding hydrogens is 524 g/mol. The van der Waals surface area contributed by atoms with E-state index >= 15 is 0 Å². The topological polar surface area (TPSA) is 142 Å². The predicted octanol–water partition coefficient (Wildman–Crippen LogP) is 1.88. The van der Waals surface area contributed by atoms with Gasteiger partial charge < -0.3 is 29.5 Å². The van der Waals surface area contributed by atoms with Gasteiger partial charge in [0.05, 0.1) is 26.5 Å². The predicted molar refractivity (Wildman–Crippen MR) is 146 cm³/mol. The van der Waals surface area contributed by atoms with Crippen molar-refractivity contribution in [3.05, 3.63) is 16.6 Å². The Labute approximate surface area is 231 Å². The molecule has 2 aromatic rings. The Morgan fingerprint density at radius 3 is 2.69 bits per heavy atom. The molecule has 14 heteroatoms. The zero-order chi connectivity index (χ0) is 28.1. The smallest absolute Gasteiger partial charge is 0.321 e. The fourth-order valence-corrected chi connectivity index (χ4v) is 5.59. The van der Waals surface area contributed by atoms with Crippen molar-refractivity contribution in [1.29, 1.82) is 0 Å². The van der Waals surface area contributed by atoms with E-state index in [9.17, 15) is 14.4 Å². The quantitative estimate of drug-likeness (QED) is 0.470. The van der Waals surface area contributed by atoms with Gasteiger partial charge in [0.15, 0.2) is 5.13 Å². The van der Waals surface area contributed by atoms with Crippen molar-refractivity contribution in [3.63, 3.8) is 0 Å². The molecule has 0 radical (unpaired) electrons. The highest BCUT2D eigenvalue weighted by Crippen LogP contribution is 2.31. The second kappa shape index (κ2) is 12.5. The number of aromatic nitrogens is 3. The highest BCUT2D eigenvalue weighted by atomic mass is 32.1. The number of likely N-dealkylation sites (tertiary alicyclic amines) is 1. The standard InChI is InChI=1S/C25H36N8O5S/c1-15(2)31(3)22(35)17-7-6-11-33(17)21(34)8-10-26-23(36)30-25-27-16-9-12-32(14-18(16)39-25)19-13-20(37-4)29-24(28-19)38-5/h13,15,17H,6-12,14H2,1-5H3,(H2,26,27,30,36)/t17-/m0/s1. The number of anilines is 2. The molecule has 0 aromatic carbocycles. The van der Waals surface area contributed by atoms with Crippen molar-refractivity contribution < 1.29 is 23.9 Å². The lowest BCUT2D eigenvalue weighted by Crippen LogP contribution is -2.48. The van der Waals surface area contributed by atoms with Gasteiger partial charge in [-0.3, -0.25) is 14.9 Å². The molecule has 1 atom stereocenters. The van der Waals surface area contributed by atoms with Crippen LogP contribution in [-0.2, 0) is 22.6 Å². The Morgan fingerprint density at radius 1 is 1.18 bits per heavy atom. The van der Waals surface area contributed by atoms with Gasteiger partial charge in [0.25, 0.3) is 0 Å². The lowest BCUT2D eigenvalue weighted by molar-refractivity contribution is -0.143. The van der Waals surface area contributed by atoms with Crippen LogP contribution in [0.1, 0.15) is 43.7 Å². The van der Waals surface area contributed by atoms with Gasteiger partial charge in [0.1, 0.15) is 11.9 Å². The SMILES string of the molecule is COc1cc(N2CCc3nc(NC(=O)NCCC(=O)N4CCC[C@H]4C(=O)N(C)C(C)C)sc3C2)nc(OC)n1. The van der Waals surface area contributed by atoms with E-state index in [0.717, 1.165) is 17.0 Å². The molecule has 2 aliphatic rings. The van der Waals surface area contributed by atoms with Crippen LogP contribution in [0.25, 0.3) is 0 Å². The fourth-order valence-electron chi connectivity index (χ4n) is 4.57. The molecular formula is C25H36N8O5S. The van der Waals surface area contributed by atoms with E-state index in [4.69, 9.17) is 9.47 Å². The van der Waals surface area contributed by atoms with E-state index in [1.165, 1.54) is 18.4 Å². The maximum Gasteiger partial charge on any atom is 0.321 e. The number of likely N-dealkylation sites (N-methyl/N-ethyl adjacent to an activating group) is 1. The number of hydrogen-bond donors (Lipinski definition) is 2. The van der Waals surface area contributed by atoms with Crippen LogP contribution >= 0.6 is 11.3 Å². The summed E-state index contributed by atoms with van der Waals surface area (Å²) in [6.45, 7) is 5.89. The van der Waals surface area contributed by atoms with Gasteiger partial charge in [-0.1, -0.05) is 11.3 Å². The van der Waals surface area contributed by atoms with Crippen molar-refractivity contribution in [2.24, 2.45) is 0 Å². The molecule has 1 saturated heterocycles. The number of methoxy groups -OCH3 is 2. The highest BCUT2D eigenvalue weighted by Gasteiger charge is 2.35. The molecule has 0 bridgehead atoms.